The van der Waals surface area contributed by atoms with Crippen LogP contribution in [0.15, 0.2) is 42.5 Å². The number of alkyl halides is 3. The molecule has 1 nitrogen and oxygen atoms in total. The van der Waals surface area contributed by atoms with Crippen molar-refractivity contribution in [2.75, 3.05) is 0 Å². The van der Waals surface area contributed by atoms with E-state index in [4.69, 9.17) is 0 Å². The van der Waals surface area contributed by atoms with E-state index in [-0.39, 0.29) is 0 Å². The van der Waals surface area contributed by atoms with Gasteiger partial charge in [-0.15, -0.1) is 0 Å². The second-order valence-corrected chi connectivity index (χ2v) is 4.29. The number of hydrogen-bond acceptors (Lipinski definition) is 1. The molecule has 0 N–H and O–H groups in total. The Morgan fingerprint density at radius 2 is 1.79 bits per heavy atom. The summed E-state index contributed by atoms with van der Waals surface area (Å²) in [6, 6.07) is 10.0. The van der Waals surface area contributed by atoms with Gasteiger partial charge in [0.15, 0.2) is 6.29 Å². The predicted octanol–water partition coefficient (Wildman–Crippen LogP) is 4.49. The van der Waals surface area contributed by atoms with Crippen LogP contribution in [0.3, 0.4) is 0 Å². The van der Waals surface area contributed by atoms with Crippen LogP contribution in [0.2, 0.25) is 0 Å². The Labute approximate surface area is 108 Å². The smallest absolute Gasteiger partial charge is 0.298 e. The van der Waals surface area contributed by atoms with Crippen LogP contribution in [-0.2, 0) is 6.18 Å². The SMILES string of the molecule is Cc1ccc(C=O)c(-c2cccc(C(F)(F)F)c2)c1. The maximum atomic E-state index is 12.7. The molecule has 0 spiro atoms. The monoisotopic (exact) mass is 264 g/mol. The Morgan fingerprint density at radius 1 is 1.05 bits per heavy atom. The van der Waals surface area contributed by atoms with Crippen LogP contribution < -0.4 is 0 Å². The molecule has 0 aliphatic rings. The molecule has 0 aromatic heterocycles. The number of benzene rings is 2. The topological polar surface area (TPSA) is 17.1 Å². The third-order valence-electron chi connectivity index (χ3n) is 2.84. The number of carbonyl (C=O) groups excluding carboxylic acids is 1. The number of halogens is 3. The van der Waals surface area contributed by atoms with Crippen molar-refractivity contribution in [3.05, 3.63) is 59.2 Å². The van der Waals surface area contributed by atoms with Crippen LogP contribution in [0.4, 0.5) is 13.2 Å². The van der Waals surface area contributed by atoms with Gasteiger partial charge in [0.25, 0.3) is 0 Å². The van der Waals surface area contributed by atoms with Gasteiger partial charge in [-0.3, -0.25) is 4.79 Å². The summed E-state index contributed by atoms with van der Waals surface area (Å²) in [5.41, 5.74) is 1.45. The molecule has 0 saturated carbocycles. The molecule has 0 saturated heterocycles. The van der Waals surface area contributed by atoms with Crippen LogP contribution in [-0.4, -0.2) is 6.29 Å². The zero-order chi connectivity index (χ0) is 14.0. The Bertz CT molecular complexity index is 615. The lowest BCUT2D eigenvalue weighted by atomic mass is 9.97. The van der Waals surface area contributed by atoms with Crippen LogP contribution >= 0.6 is 0 Å². The third kappa shape index (κ3) is 2.84. The molecule has 0 unspecified atom stereocenters. The molecule has 2 aromatic carbocycles. The van der Waals surface area contributed by atoms with E-state index in [1.165, 1.54) is 6.07 Å². The van der Waals surface area contributed by atoms with Gasteiger partial charge in [0.05, 0.1) is 5.56 Å². The molecule has 0 fully saturated rings. The van der Waals surface area contributed by atoms with Crippen molar-refractivity contribution in [3.8, 4) is 11.1 Å². The molecular weight excluding hydrogens is 253 g/mol. The maximum absolute atomic E-state index is 12.7. The fourth-order valence-electron chi connectivity index (χ4n) is 1.89. The second kappa shape index (κ2) is 4.88. The van der Waals surface area contributed by atoms with Crippen LogP contribution in [0, 0.1) is 6.92 Å². The highest BCUT2D eigenvalue weighted by Crippen LogP contribution is 2.33. The van der Waals surface area contributed by atoms with Crippen molar-refractivity contribution in [2.45, 2.75) is 13.1 Å². The standard InChI is InChI=1S/C15H11F3O/c1-10-5-6-12(9-19)14(7-10)11-3-2-4-13(8-11)15(16,17)18/h2-9H,1H3. The van der Waals surface area contributed by atoms with Crippen molar-refractivity contribution in [1.29, 1.82) is 0 Å². The Balaban J connectivity index is 2.59. The maximum Gasteiger partial charge on any atom is 0.416 e. The highest BCUT2D eigenvalue weighted by Gasteiger charge is 2.30. The summed E-state index contributed by atoms with van der Waals surface area (Å²) in [6.45, 7) is 1.83. The van der Waals surface area contributed by atoms with E-state index in [1.807, 2.05) is 6.92 Å². The molecule has 0 radical (unpaired) electrons. The van der Waals surface area contributed by atoms with Crippen molar-refractivity contribution >= 4 is 6.29 Å². The predicted molar refractivity (Wildman–Crippen MR) is 67.0 cm³/mol. The molecule has 0 amide bonds. The first kappa shape index (κ1) is 13.3. The Kier molecular flexibility index (Phi) is 3.42. The molecule has 2 aromatic rings. The first-order valence-electron chi connectivity index (χ1n) is 5.65. The zero-order valence-electron chi connectivity index (χ0n) is 10.2. The molecule has 0 aliphatic heterocycles. The summed E-state index contributed by atoms with van der Waals surface area (Å²) in [7, 11) is 0. The van der Waals surface area contributed by atoms with Crippen LogP contribution in [0.1, 0.15) is 21.5 Å². The van der Waals surface area contributed by atoms with E-state index in [0.717, 1.165) is 17.7 Å². The largest absolute Gasteiger partial charge is 0.416 e. The molecule has 0 bridgehead atoms. The van der Waals surface area contributed by atoms with Gasteiger partial charge in [-0.1, -0.05) is 35.9 Å². The lowest BCUT2D eigenvalue weighted by molar-refractivity contribution is -0.137. The van der Waals surface area contributed by atoms with E-state index in [0.29, 0.717) is 23.0 Å². The van der Waals surface area contributed by atoms with Crippen LogP contribution in [0.25, 0.3) is 11.1 Å². The minimum Gasteiger partial charge on any atom is -0.298 e. The van der Waals surface area contributed by atoms with E-state index in [9.17, 15) is 18.0 Å². The minimum atomic E-state index is -4.39. The summed E-state index contributed by atoms with van der Waals surface area (Å²) < 4.78 is 38.0. The molecule has 19 heavy (non-hydrogen) atoms. The second-order valence-electron chi connectivity index (χ2n) is 4.29. The number of hydrogen-bond donors (Lipinski definition) is 0. The lowest BCUT2D eigenvalue weighted by Crippen LogP contribution is -2.04. The summed E-state index contributed by atoms with van der Waals surface area (Å²) in [6.07, 6.45) is -3.74. The van der Waals surface area contributed by atoms with Gasteiger partial charge in [-0.25, -0.2) is 0 Å². The van der Waals surface area contributed by atoms with Gasteiger partial charge in [-0.2, -0.15) is 13.2 Å². The number of aldehydes is 1. The van der Waals surface area contributed by atoms with Crippen molar-refractivity contribution in [2.24, 2.45) is 0 Å². The van der Waals surface area contributed by atoms with Gasteiger partial charge in [0.2, 0.25) is 0 Å². The normalized spacial score (nSPS) is 11.4. The molecule has 2 rings (SSSR count). The fraction of sp³-hybridized carbons (Fsp3) is 0.133. The summed E-state index contributed by atoms with van der Waals surface area (Å²) in [4.78, 5) is 11.0. The first-order chi connectivity index (χ1) is 8.91. The van der Waals surface area contributed by atoms with Gasteiger partial charge < -0.3 is 0 Å². The van der Waals surface area contributed by atoms with Crippen molar-refractivity contribution < 1.29 is 18.0 Å². The van der Waals surface area contributed by atoms with Crippen molar-refractivity contribution in [1.82, 2.24) is 0 Å². The van der Waals surface area contributed by atoms with Gasteiger partial charge >= 0.3 is 6.18 Å². The average Bonchev–Trinajstić information content (AvgIpc) is 2.38. The van der Waals surface area contributed by atoms with Gasteiger partial charge in [-0.05, 0) is 30.2 Å². The van der Waals surface area contributed by atoms with E-state index in [1.54, 1.807) is 24.3 Å². The van der Waals surface area contributed by atoms with E-state index in [2.05, 4.69) is 0 Å². The van der Waals surface area contributed by atoms with Gasteiger partial charge in [0, 0.05) is 5.56 Å². The zero-order valence-corrected chi connectivity index (χ0v) is 10.2. The van der Waals surface area contributed by atoms with Crippen molar-refractivity contribution in [3.63, 3.8) is 0 Å². The summed E-state index contributed by atoms with van der Waals surface area (Å²) >= 11 is 0. The summed E-state index contributed by atoms with van der Waals surface area (Å²) in [5.74, 6) is 0. The summed E-state index contributed by atoms with van der Waals surface area (Å²) in [5, 5.41) is 0. The Morgan fingerprint density at radius 3 is 2.42 bits per heavy atom. The van der Waals surface area contributed by atoms with E-state index < -0.39 is 11.7 Å². The number of carbonyl (C=O) groups is 1. The highest BCUT2D eigenvalue weighted by molar-refractivity contribution is 5.87. The molecule has 98 valence electrons. The molecule has 4 heteroatoms. The first-order valence-corrected chi connectivity index (χ1v) is 5.65. The molecule has 0 heterocycles. The average molecular weight is 264 g/mol. The third-order valence-corrected chi connectivity index (χ3v) is 2.84. The minimum absolute atomic E-state index is 0.380. The quantitative estimate of drug-likeness (QED) is 0.730. The molecule has 0 aliphatic carbocycles. The number of rotatable bonds is 2. The van der Waals surface area contributed by atoms with Gasteiger partial charge in [0.1, 0.15) is 0 Å². The molecule has 0 atom stereocenters. The van der Waals surface area contributed by atoms with Crippen LogP contribution in [0.5, 0.6) is 0 Å². The fourth-order valence-corrected chi connectivity index (χ4v) is 1.89. The number of aryl methyl sites for hydroxylation is 1. The highest BCUT2D eigenvalue weighted by atomic mass is 19.4. The van der Waals surface area contributed by atoms with E-state index >= 15 is 0 Å². The Hall–Kier alpha value is -2.10. The molecular formula is C15H11F3O. The lowest BCUT2D eigenvalue weighted by Gasteiger charge is -2.10.